The van der Waals surface area contributed by atoms with Crippen LogP contribution < -0.4 is 0 Å². The molecular formula is C18H33NO. The van der Waals surface area contributed by atoms with Gasteiger partial charge in [-0.05, 0) is 51.4 Å². The summed E-state index contributed by atoms with van der Waals surface area (Å²) in [7, 11) is 0. The predicted molar refractivity (Wildman–Crippen MR) is 86.7 cm³/mol. The Labute approximate surface area is 125 Å². The summed E-state index contributed by atoms with van der Waals surface area (Å²) in [5, 5.41) is 0. The van der Waals surface area contributed by atoms with E-state index in [9.17, 15) is 4.79 Å². The van der Waals surface area contributed by atoms with Gasteiger partial charge in [-0.3, -0.25) is 4.79 Å². The fourth-order valence-electron chi connectivity index (χ4n) is 3.05. The molecule has 1 rings (SSSR count). The van der Waals surface area contributed by atoms with Gasteiger partial charge in [0.25, 0.3) is 0 Å². The number of allylic oxidation sites excluding steroid dienone is 1. The molecule has 1 amide bonds. The maximum atomic E-state index is 12.3. The van der Waals surface area contributed by atoms with E-state index in [1.807, 2.05) is 0 Å². The highest BCUT2D eigenvalue weighted by atomic mass is 16.2. The van der Waals surface area contributed by atoms with Crippen molar-refractivity contribution in [1.29, 1.82) is 0 Å². The zero-order chi connectivity index (χ0) is 15.0. The third kappa shape index (κ3) is 5.68. The van der Waals surface area contributed by atoms with Crippen LogP contribution in [0.5, 0.6) is 0 Å². The van der Waals surface area contributed by atoms with Gasteiger partial charge in [-0.25, -0.2) is 0 Å². The average molecular weight is 279 g/mol. The van der Waals surface area contributed by atoms with Crippen molar-refractivity contribution in [2.24, 2.45) is 5.92 Å². The molecular weight excluding hydrogens is 246 g/mol. The molecule has 2 atom stereocenters. The number of piperidine rings is 1. The molecule has 0 bridgehead atoms. The summed E-state index contributed by atoms with van der Waals surface area (Å²) in [4.78, 5) is 14.4. The topological polar surface area (TPSA) is 20.3 Å². The smallest absolute Gasteiger partial charge is 0.222 e. The van der Waals surface area contributed by atoms with Crippen LogP contribution in [0.25, 0.3) is 0 Å². The first-order valence-corrected chi connectivity index (χ1v) is 8.51. The summed E-state index contributed by atoms with van der Waals surface area (Å²) in [5.74, 6) is 1.02. The van der Waals surface area contributed by atoms with Gasteiger partial charge in [-0.1, -0.05) is 38.8 Å². The molecule has 2 nitrogen and oxygen atoms in total. The van der Waals surface area contributed by atoms with Gasteiger partial charge in [0.15, 0.2) is 0 Å². The van der Waals surface area contributed by atoms with Crippen LogP contribution >= 0.6 is 0 Å². The summed E-state index contributed by atoms with van der Waals surface area (Å²) in [6.07, 6.45) is 10.2. The highest BCUT2D eigenvalue weighted by molar-refractivity contribution is 5.76. The molecule has 0 saturated carbocycles. The summed E-state index contributed by atoms with van der Waals surface area (Å²) >= 11 is 0. The first-order valence-electron chi connectivity index (χ1n) is 8.51. The van der Waals surface area contributed by atoms with Gasteiger partial charge in [0, 0.05) is 19.0 Å². The molecule has 0 N–H and O–H groups in total. The molecule has 0 radical (unpaired) electrons. The lowest BCUT2D eigenvalue weighted by atomic mass is 9.96. The van der Waals surface area contributed by atoms with Crippen LogP contribution in [0, 0.1) is 5.92 Å². The van der Waals surface area contributed by atoms with Gasteiger partial charge in [0.05, 0.1) is 0 Å². The Hall–Kier alpha value is -0.790. The summed E-state index contributed by atoms with van der Waals surface area (Å²) in [6, 6.07) is 0.514. The average Bonchev–Trinajstić information content (AvgIpc) is 2.46. The number of hydrogen-bond acceptors (Lipinski definition) is 1. The quantitative estimate of drug-likeness (QED) is 0.455. The van der Waals surface area contributed by atoms with Gasteiger partial charge in [-0.15, -0.1) is 0 Å². The van der Waals surface area contributed by atoms with Crippen LogP contribution in [-0.2, 0) is 4.79 Å². The number of likely N-dealkylation sites (tertiary alicyclic amines) is 1. The van der Waals surface area contributed by atoms with Crippen LogP contribution in [0.3, 0.4) is 0 Å². The SMILES string of the molecule is C=C(C)[C@@H](C)CCCCCC(=O)N1CCCCC1CC. The van der Waals surface area contributed by atoms with Gasteiger partial charge < -0.3 is 4.90 Å². The number of carbonyl (C=O) groups excluding carboxylic acids is 1. The lowest BCUT2D eigenvalue weighted by Gasteiger charge is -2.35. The molecule has 0 aliphatic carbocycles. The summed E-state index contributed by atoms with van der Waals surface area (Å²) < 4.78 is 0. The number of unbranched alkanes of at least 4 members (excludes halogenated alkanes) is 2. The van der Waals surface area contributed by atoms with Crippen molar-refractivity contribution >= 4 is 5.91 Å². The molecule has 0 aromatic rings. The summed E-state index contributed by atoms with van der Waals surface area (Å²) in [5.41, 5.74) is 1.28. The lowest BCUT2D eigenvalue weighted by molar-refractivity contribution is -0.135. The second kappa shape index (κ2) is 9.20. The zero-order valence-corrected chi connectivity index (χ0v) is 13.8. The molecule has 0 aromatic heterocycles. The van der Waals surface area contributed by atoms with Crippen molar-refractivity contribution in [3.05, 3.63) is 12.2 Å². The third-order valence-electron chi connectivity index (χ3n) is 4.79. The van der Waals surface area contributed by atoms with Crippen LogP contribution in [0.15, 0.2) is 12.2 Å². The van der Waals surface area contributed by atoms with E-state index in [1.54, 1.807) is 0 Å². The third-order valence-corrected chi connectivity index (χ3v) is 4.79. The van der Waals surface area contributed by atoms with Gasteiger partial charge in [0.2, 0.25) is 5.91 Å². The highest BCUT2D eigenvalue weighted by Crippen LogP contribution is 2.21. The molecule has 1 unspecified atom stereocenters. The fraction of sp³-hybridized carbons (Fsp3) is 0.833. The van der Waals surface area contributed by atoms with Crippen molar-refractivity contribution in [2.45, 2.75) is 84.6 Å². The zero-order valence-electron chi connectivity index (χ0n) is 13.8. The molecule has 116 valence electrons. The first kappa shape index (κ1) is 17.3. The Morgan fingerprint density at radius 1 is 1.30 bits per heavy atom. The van der Waals surface area contributed by atoms with Crippen molar-refractivity contribution in [3.63, 3.8) is 0 Å². The molecule has 1 aliphatic heterocycles. The van der Waals surface area contributed by atoms with E-state index in [0.29, 0.717) is 17.9 Å². The second-order valence-corrected chi connectivity index (χ2v) is 6.49. The van der Waals surface area contributed by atoms with Crippen molar-refractivity contribution in [1.82, 2.24) is 4.90 Å². The maximum Gasteiger partial charge on any atom is 0.222 e. The normalized spacial score (nSPS) is 20.8. The number of hydrogen-bond donors (Lipinski definition) is 0. The van der Waals surface area contributed by atoms with E-state index in [4.69, 9.17) is 0 Å². The van der Waals surface area contributed by atoms with E-state index >= 15 is 0 Å². The van der Waals surface area contributed by atoms with Crippen LogP contribution in [0.1, 0.15) is 78.6 Å². The standard InChI is InChI=1S/C18H33NO/c1-5-17-12-9-10-14-19(17)18(20)13-8-6-7-11-16(4)15(2)3/h16-17H,2,5-14H2,1,3-4H3/t16-,17?/m0/s1. The molecule has 2 heteroatoms. The molecule has 1 aliphatic rings. The number of carbonyl (C=O) groups is 1. The minimum Gasteiger partial charge on any atom is -0.340 e. The van der Waals surface area contributed by atoms with Gasteiger partial charge >= 0.3 is 0 Å². The first-order chi connectivity index (χ1) is 9.56. The molecule has 0 aromatic carbocycles. The lowest BCUT2D eigenvalue weighted by Crippen LogP contribution is -2.43. The molecule has 20 heavy (non-hydrogen) atoms. The Kier molecular flexibility index (Phi) is 7.94. The predicted octanol–water partition coefficient (Wildman–Crippen LogP) is 4.94. The van der Waals surface area contributed by atoms with E-state index in [-0.39, 0.29) is 0 Å². The molecule has 1 saturated heterocycles. The fourth-order valence-corrected chi connectivity index (χ4v) is 3.05. The van der Waals surface area contributed by atoms with E-state index in [1.165, 1.54) is 44.1 Å². The largest absolute Gasteiger partial charge is 0.340 e. The van der Waals surface area contributed by atoms with E-state index in [0.717, 1.165) is 25.8 Å². The number of amides is 1. The van der Waals surface area contributed by atoms with E-state index < -0.39 is 0 Å². The van der Waals surface area contributed by atoms with Crippen LogP contribution in [0.2, 0.25) is 0 Å². The number of rotatable bonds is 8. The van der Waals surface area contributed by atoms with Crippen molar-refractivity contribution < 1.29 is 4.79 Å². The molecule has 0 spiro atoms. The molecule has 1 fully saturated rings. The van der Waals surface area contributed by atoms with E-state index in [2.05, 4.69) is 32.3 Å². The Bertz CT molecular complexity index is 311. The van der Waals surface area contributed by atoms with Gasteiger partial charge in [0.1, 0.15) is 0 Å². The number of nitrogens with zero attached hydrogens (tertiary/aromatic N) is 1. The van der Waals surface area contributed by atoms with Crippen LogP contribution in [0.4, 0.5) is 0 Å². The van der Waals surface area contributed by atoms with Gasteiger partial charge in [-0.2, -0.15) is 0 Å². The highest BCUT2D eigenvalue weighted by Gasteiger charge is 2.24. The maximum absolute atomic E-state index is 12.3. The summed E-state index contributed by atoms with van der Waals surface area (Å²) in [6.45, 7) is 11.5. The Morgan fingerprint density at radius 2 is 2.05 bits per heavy atom. The second-order valence-electron chi connectivity index (χ2n) is 6.49. The molecule has 1 heterocycles. The van der Waals surface area contributed by atoms with Crippen LogP contribution in [-0.4, -0.2) is 23.4 Å². The minimum absolute atomic E-state index is 0.393. The van der Waals surface area contributed by atoms with Crippen molar-refractivity contribution in [2.75, 3.05) is 6.54 Å². The Morgan fingerprint density at radius 3 is 2.70 bits per heavy atom. The minimum atomic E-state index is 0.393. The van der Waals surface area contributed by atoms with Crippen molar-refractivity contribution in [3.8, 4) is 0 Å². The Balaban J connectivity index is 2.17. The monoisotopic (exact) mass is 279 g/mol.